The molecule has 0 spiro atoms. The number of ether oxygens (including phenoxy) is 1. The number of esters is 1. The zero-order valence-corrected chi connectivity index (χ0v) is 18.7. The number of nitrogens with zero attached hydrogens (tertiary/aromatic N) is 1. The minimum absolute atomic E-state index is 0.0221. The number of unbranched alkanes of at least 4 members (excludes halogenated alkanes) is 3. The van der Waals surface area contributed by atoms with Gasteiger partial charge in [-0.25, -0.2) is 0 Å². The van der Waals surface area contributed by atoms with Crippen molar-refractivity contribution in [3.63, 3.8) is 0 Å². The third-order valence-corrected chi connectivity index (χ3v) is 5.78. The Morgan fingerprint density at radius 1 is 1.14 bits per heavy atom. The smallest absolute Gasteiger partial charge is 0.305 e. The lowest BCUT2D eigenvalue weighted by Crippen LogP contribution is -2.32. The van der Waals surface area contributed by atoms with Gasteiger partial charge in [-0.05, 0) is 31.3 Å². The van der Waals surface area contributed by atoms with Crippen molar-refractivity contribution in [3.05, 3.63) is 12.2 Å². The van der Waals surface area contributed by atoms with Gasteiger partial charge in [-0.2, -0.15) is 0 Å². The maximum Gasteiger partial charge on any atom is 0.305 e. The van der Waals surface area contributed by atoms with Gasteiger partial charge in [-0.1, -0.05) is 39.2 Å². The standard InChI is InChI=1S/C23H37NO5/c1-23(2,16-21(27)24(3)4)20(26)15-13-17-12-14-19(25)18(17)10-8-6-7-9-11-22(28)29-5/h13,15,17-18H,6-12,14,16H2,1-5H3. The first-order chi connectivity index (χ1) is 13.6. The zero-order valence-electron chi connectivity index (χ0n) is 18.7. The summed E-state index contributed by atoms with van der Waals surface area (Å²) in [4.78, 5) is 49.4. The van der Waals surface area contributed by atoms with Gasteiger partial charge in [0, 0.05) is 44.7 Å². The molecule has 2 unspecified atom stereocenters. The second-order valence-corrected chi connectivity index (χ2v) is 8.88. The molecule has 0 heterocycles. The van der Waals surface area contributed by atoms with Crippen molar-refractivity contribution in [3.8, 4) is 0 Å². The molecular weight excluding hydrogens is 370 g/mol. The van der Waals surface area contributed by atoms with Gasteiger partial charge in [0.15, 0.2) is 5.78 Å². The monoisotopic (exact) mass is 407 g/mol. The van der Waals surface area contributed by atoms with Crippen molar-refractivity contribution >= 4 is 23.4 Å². The summed E-state index contributed by atoms with van der Waals surface area (Å²) in [6.07, 6.45) is 9.93. The molecule has 1 aliphatic carbocycles. The quantitative estimate of drug-likeness (QED) is 0.280. The summed E-state index contributed by atoms with van der Waals surface area (Å²) in [5.74, 6) is 0.0317. The molecule has 0 aromatic heterocycles. The number of carbonyl (C=O) groups is 4. The summed E-state index contributed by atoms with van der Waals surface area (Å²) in [7, 11) is 4.76. The Hall–Kier alpha value is -1.98. The third kappa shape index (κ3) is 8.50. The number of hydrogen-bond acceptors (Lipinski definition) is 5. The van der Waals surface area contributed by atoms with Crippen LogP contribution >= 0.6 is 0 Å². The van der Waals surface area contributed by atoms with Gasteiger partial charge in [0.25, 0.3) is 0 Å². The van der Waals surface area contributed by atoms with Gasteiger partial charge in [-0.15, -0.1) is 0 Å². The van der Waals surface area contributed by atoms with Crippen molar-refractivity contribution in [1.29, 1.82) is 0 Å². The normalized spacial score (nSPS) is 19.6. The molecule has 0 aliphatic heterocycles. The Morgan fingerprint density at radius 3 is 2.41 bits per heavy atom. The summed E-state index contributed by atoms with van der Waals surface area (Å²) in [5, 5.41) is 0. The molecular formula is C23H37NO5. The second-order valence-electron chi connectivity index (χ2n) is 8.88. The van der Waals surface area contributed by atoms with Crippen molar-refractivity contribution in [1.82, 2.24) is 4.90 Å². The lowest BCUT2D eigenvalue weighted by molar-refractivity contribution is -0.140. The molecule has 164 valence electrons. The fourth-order valence-electron chi connectivity index (χ4n) is 3.69. The molecule has 0 N–H and O–H groups in total. The van der Waals surface area contributed by atoms with Crippen molar-refractivity contribution in [2.75, 3.05) is 21.2 Å². The Labute approximate surface area is 175 Å². The van der Waals surface area contributed by atoms with E-state index in [-0.39, 0.29) is 41.7 Å². The first kappa shape index (κ1) is 25.1. The lowest BCUT2D eigenvalue weighted by atomic mass is 9.82. The van der Waals surface area contributed by atoms with Crippen LogP contribution in [0.3, 0.4) is 0 Å². The number of rotatable bonds is 12. The van der Waals surface area contributed by atoms with Crippen molar-refractivity contribution in [2.24, 2.45) is 17.3 Å². The number of methoxy groups -OCH3 is 1. The predicted octanol–water partition coefficient (Wildman–Crippen LogP) is 3.73. The largest absolute Gasteiger partial charge is 0.469 e. The van der Waals surface area contributed by atoms with Crippen LogP contribution in [-0.2, 0) is 23.9 Å². The highest BCUT2D eigenvalue weighted by molar-refractivity contribution is 5.97. The Morgan fingerprint density at radius 2 is 1.79 bits per heavy atom. The van der Waals surface area contributed by atoms with Crippen LogP contribution in [0.2, 0.25) is 0 Å². The van der Waals surface area contributed by atoms with Crippen molar-refractivity contribution < 1.29 is 23.9 Å². The van der Waals surface area contributed by atoms with E-state index in [1.807, 2.05) is 6.08 Å². The molecule has 0 aromatic rings. The fraction of sp³-hybridized carbons (Fsp3) is 0.739. The van der Waals surface area contributed by atoms with Crippen LogP contribution in [0.15, 0.2) is 12.2 Å². The minimum Gasteiger partial charge on any atom is -0.469 e. The predicted molar refractivity (Wildman–Crippen MR) is 112 cm³/mol. The van der Waals surface area contributed by atoms with Gasteiger partial charge in [0.05, 0.1) is 7.11 Å². The summed E-state index contributed by atoms with van der Waals surface area (Å²) >= 11 is 0. The van der Waals surface area contributed by atoms with E-state index in [0.29, 0.717) is 12.8 Å². The summed E-state index contributed by atoms with van der Waals surface area (Å²) in [6, 6.07) is 0. The number of ketones is 2. The van der Waals surface area contributed by atoms with Gasteiger partial charge >= 0.3 is 5.97 Å². The number of hydrogen-bond donors (Lipinski definition) is 0. The Bertz CT molecular complexity index is 621. The first-order valence-corrected chi connectivity index (χ1v) is 10.6. The summed E-state index contributed by atoms with van der Waals surface area (Å²) < 4.78 is 4.63. The van der Waals surface area contributed by atoms with Crippen LogP contribution < -0.4 is 0 Å². The number of allylic oxidation sites excluding steroid dienone is 2. The van der Waals surface area contributed by atoms with E-state index in [1.54, 1.807) is 34.0 Å². The molecule has 0 bridgehead atoms. The van der Waals surface area contributed by atoms with Gasteiger partial charge in [0.1, 0.15) is 5.78 Å². The number of carbonyl (C=O) groups excluding carboxylic acids is 4. The van der Waals surface area contributed by atoms with Crippen LogP contribution in [-0.4, -0.2) is 49.5 Å². The van der Waals surface area contributed by atoms with Gasteiger partial charge in [0.2, 0.25) is 5.91 Å². The molecule has 1 rings (SSSR count). The van der Waals surface area contributed by atoms with Gasteiger partial charge < -0.3 is 9.64 Å². The summed E-state index contributed by atoms with van der Waals surface area (Å²) in [6.45, 7) is 3.57. The van der Waals surface area contributed by atoms with Gasteiger partial charge in [-0.3, -0.25) is 19.2 Å². The van der Waals surface area contributed by atoms with Crippen LogP contribution in [0.25, 0.3) is 0 Å². The lowest BCUT2D eigenvalue weighted by Gasteiger charge is -2.23. The van der Waals surface area contributed by atoms with Crippen molar-refractivity contribution in [2.45, 2.75) is 71.6 Å². The maximum absolute atomic E-state index is 12.6. The highest BCUT2D eigenvalue weighted by atomic mass is 16.5. The Balaban J connectivity index is 2.50. The van der Waals surface area contributed by atoms with E-state index in [2.05, 4.69) is 4.74 Å². The third-order valence-electron chi connectivity index (χ3n) is 5.78. The van der Waals surface area contributed by atoms with Crippen LogP contribution in [0, 0.1) is 17.3 Å². The van der Waals surface area contributed by atoms with Crippen LogP contribution in [0.1, 0.15) is 71.6 Å². The molecule has 0 radical (unpaired) electrons. The molecule has 0 aromatic carbocycles. The molecule has 2 atom stereocenters. The molecule has 1 saturated carbocycles. The average Bonchev–Trinajstić information content (AvgIpc) is 3.01. The molecule has 1 fully saturated rings. The highest BCUT2D eigenvalue weighted by Crippen LogP contribution is 2.34. The van der Waals surface area contributed by atoms with E-state index in [9.17, 15) is 19.2 Å². The minimum atomic E-state index is -0.754. The zero-order chi connectivity index (χ0) is 22.0. The molecule has 29 heavy (non-hydrogen) atoms. The molecule has 1 amide bonds. The van der Waals surface area contributed by atoms with E-state index in [0.717, 1.165) is 38.5 Å². The van der Waals surface area contributed by atoms with Crippen LogP contribution in [0.5, 0.6) is 0 Å². The fourth-order valence-corrected chi connectivity index (χ4v) is 3.69. The maximum atomic E-state index is 12.6. The van der Waals surface area contributed by atoms with E-state index in [1.165, 1.54) is 12.0 Å². The first-order valence-electron chi connectivity index (χ1n) is 10.6. The molecule has 6 heteroatoms. The highest BCUT2D eigenvalue weighted by Gasteiger charge is 2.34. The molecule has 6 nitrogen and oxygen atoms in total. The Kier molecular flexibility index (Phi) is 10.3. The number of Topliss-reactive ketones (excluding diaryl/α,β-unsaturated/α-hetero) is 1. The topological polar surface area (TPSA) is 80.8 Å². The average molecular weight is 408 g/mol. The SMILES string of the molecule is COC(=O)CCCCCCC1C(=O)CCC1C=CC(=O)C(C)(C)CC(=O)N(C)C. The second kappa shape index (κ2) is 11.9. The summed E-state index contributed by atoms with van der Waals surface area (Å²) in [5.41, 5.74) is -0.754. The van der Waals surface area contributed by atoms with E-state index in [4.69, 9.17) is 0 Å². The van der Waals surface area contributed by atoms with Crippen LogP contribution in [0.4, 0.5) is 0 Å². The van der Waals surface area contributed by atoms with E-state index < -0.39 is 5.41 Å². The molecule has 0 saturated heterocycles. The molecule has 1 aliphatic rings. The van der Waals surface area contributed by atoms with E-state index >= 15 is 0 Å². The number of amides is 1.